The van der Waals surface area contributed by atoms with Crippen LogP contribution in [-0.2, 0) is 19.6 Å². The van der Waals surface area contributed by atoms with Crippen LogP contribution in [0, 0.1) is 11.3 Å². The van der Waals surface area contributed by atoms with Gasteiger partial charge in [0, 0.05) is 13.0 Å². The lowest BCUT2D eigenvalue weighted by molar-refractivity contribution is 0.271. The van der Waals surface area contributed by atoms with Crippen molar-refractivity contribution in [2.45, 2.75) is 61.6 Å². The number of aliphatic hydroxyl groups excluding tert-OH is 1. The largest absolute Gasteiger partial charge is 0.390 e. The highest BCUT2D eigenvalue weighted by molar-refractivity contribution is 6.30. The molecule has 0 amide bonds. The number of halogens is 1. The van der Waals surface area contributed by atoms with Gasteiger partial charge in [0.15, 0.2) is 5.15 Å². The Kier molecular flexibility index (Phi) is 11.7. The third-order valence-electron chi connectivity index (χ3n) is 4.66. The summed E-state index contributed by atoms with van der Waals surface area (Å²) in [7, 11) is 0. The molecule has 0 atom stereocenters. The van der Waals surface area contributed by atoms with Gasteiger partial charge in [0.2, 0.25) is 0 Å². The Bertz CT molecular complexity index is 956. The van der Waals surface area contributed by atoms with Gasteiger partial charge in [-0.3, -0.25) is 0 Å². The smallest absolute Gasteiger partial charge is 0.152 e. The average molecular weight is 428 g/mol. The quantitative estimate of drug-likeness (QED) is 0.447. The first-order chi connectivity index (χ1) is 13.2. The van der Waals surface area contributed by atoms with E-state index in [2.05, 4.69) is 18.0 Å². The van der Waals surface area contributed by atoms with Crippen molar-refractivity contribution >= 4 is 11.6 Å². The van der Waals surface area contributed by atoms with E-state index in [9.17, 15) is 10.4 Å². The van der Waals surface area contributed by atoms with E-state index in [0.717, 1.165) is 41.8 Å². The summed E-state index contributed by atoms with van der Waals surface area (Å²) in [6.07, 6.45) is 2.94. The maximum atomic E-state index is 9.69. The lowest BCUT2D eigenvalue weighted by Gasteiger charge is -2.12. The first-order valence-corrected chi connectivity index (χ1v) is 9.48. The van der Waals surface area contributed by atoms with Crippen molar-refractivity contribution in [3.8, 4) is 17.2 Å². The molecular weight excluding hydrogens is 394 g/mol. The Morgan fingerprint density at radius 1 is 1.07 bits per heavy atom. The van der Waals surface area contributed by atoms with E-state index in [1.807, 2.05) is 53.1 Å². The molecule has 0 aliphatic carbocycles. The summed E-state index contributed by atoms with van der Waals surface area (Å²) in [5.74, 6) is 0.907. The van der Waals surface area contributed by atoms with Crippen molar-refractivity contribution in [3.05, 3.63) is 76.3 Å². The molecule has 0 spiro atoms. The summed E-state index contributed by atoms with van der Waals surface area (Å²) in [6, 6.07) is 18.0. The Labute approximate surface area is 186 Å². The second kappa shape index (κ2) is 12.8. The molecule has 0 radical (unpaired) electrons. The molecule has 3 aromatic rings. The number of rotatable bonds is 7. The summed E-state index contributed by atoms with van der Waals surface area (Å²) in [4.78, 5) is 4.44. The first-order valence-electron chi connectivity index (χ1n) is 9.11. The van der Waals surface area contributed by atoms with E-state index in [0.29, 0.717) is 23.0 Å². The fourth-order valence-electron chi connectivity index (χ4n) is 3.17. The number of aryl methyl sites for hydroxylation is 1. The minimum Gasteiger partial charge on any atom is -0.390 e. The fraction of sp³-hybridized carbons (Fsp3) is 0.360. The molecule has 0 saturated heterocycles. The van der Waals surface area contributed by atoms with Gasteiger partial charge in [-0.15, -0.1) is 0 Å². The Morgan fingerprint density at radius 3 is 2.33 bits per heavy atom. The van der Waals surface area contributed by atoms with Crippen LogP contribution in [0.15, 0.2) is 48.5 Å². The Morgan fingerprint density at radius 2 is 1.73 bits per heavy atom. The van der Waals surface area contributed by atoms with Gasteiger partial charge in [-0.25, -0.2) is 4.98 Å². The molecule has 2 aromatic carbocycles. The fourth-order valence-corrected chi connectivity index (χ4v) is 3.43. The first kappa shape index (κ1) is 27.4. The Balaban J connectivity index is 0.00000280. The molecule has 0 saturated carbocycles. The van der Waals surface area contributed by atoms with Crippen LogP contribution in [0.3, 0.4) is 0 Å². The van der Waals surface area contributed by atoms with Crippen LogP contribution in [0.25, 0.3) is 11.1 Å². The second-order valence-corrected chi connectivity index (χ2v) is 6.83. The van der Waals surface area contributed by atoms with Crippen LogP contribution in [0.1, 0.15) is 64.7 Å². The van der Waals surface area contributed by atoms with Gasteiger partial charge in [0.05, 0.1) is 23.9 Å². The van der Waals surface area contributed by atoms with E-state index < -0.39 is 0 Å². The molecule has 0 fully saturated rings. The van der Waals surface area contributed by atoms with Gasteiger partial charge >= 0.3 is 0 Å². The molecule has 0 unspecified atom stereocenters. The van der Waals surface area contributed by atoms with Crippen LogP contribution in [0.5, 0.6) is 0 Å². The molecule has 0 bridgehead atoms. The van der Waals surface area contributed by atoms with Crippen molar-refractivity contribution in [3.63, 3.8) is 0 Å². The van der Waals surface area contributed by atoms with Crippen molar-refractivity contribution in [1.29, 1.82) is 5.26 Å². The van der Waals surface area contributed by atoms with Crippen molar-refractivity contribution < 1.29 is 5.11 Å². The highest BCUT2D eigenvalue weighted by Gasteiger charge is 2.15. The standard InChI is InChI=1S/C22H22ClN3O.3CH4/c1-2-3-8-21-25-22(23)20(15-27)26(21)14-16-9-11-17(12-10-16)19-7-5-4-6-18(19)13-24;;;/h4-7,9-12,27H,2-3,8,14-15H2,1H3;3*1H4. The monoisotopic (exact) mass is 427 g/mol. The molecule has 5 heteroatoms. The van der Waals surface area contributed by atoms with Gasteiger partial charge in [0.1, 0.15) is 5.82 Å². The number of aromatic nitrogens is 2. The zero-order chi connectivity index (χ0) is 19.2. The summed E-state index contributed by atoms with van der Waals surface area (Å²) in [5, 5.41) is 19.4. The molecule has 3 rings (SSSR count). The normalized spacial score (nSPS) is 9.67. The average Bonchev–Trinajstić information content (AvgIpc) is 3.01. The molecule has 1 aromatic heterocycles. The summed E-state index contributed by atoms with van der Waals surface area (Å²) < 4.78 is 2.01. The van der Waals surface area contributed by atoms with Crippen LogP contribution >= 0.6 is 11.6 Å². The molecular formula is C25H34ClN3O. The maximum Gasteiger partial charge on any atom is 0.152 e. The van der Waals surface area contributed by atoms with Crippen molar-refractivity contribution in [2.75, 3.05) is 0 Å². The van der Waals surface area contributed by atoms with E-state index in [1.165, 1.54) is 0 Å². The number of hydrogen-bond donors (Lipinski definition) is 1. The van der Waals surface area contributed by atoms with Crippen molar-refractivity contribution in [2.24, 2.45) is 0 Å². The minimum atomic E-state index is -0.133. The van der Waals surface area contributed by atoms with Crippen LogP contribution in [0.2, 0.25) is 5.15 Å². The number of aliphatic hydroxyl groups is 1. The summed E-state index contributed by atoms with van der Waals surface area (Å²) in [5.41, 5.74) is 4.34. The molecule has 0 aliphatic heterocycles. The third-order valence-corrected chi connectivity index (χ3v) is 4.96. The number of nitriles is 1. The SMILES string of the molecule is C.C.C.CCCCc1nc(Cl)c(CO)n1Cc1ccc(-c2ccccc2C#N)cc1. The molecule has 1 N–H and O–H groups in total. The number of hydrogen-bond acceptors (Lipinski definition) is 3. The zero-order valence-electron chi connectivity index (χ0n) is 15.3. The van der Waals surface area contributed by atoms with Gasteiger partial charge in [-0.1, -0.05) is 89.7 Å². The van der Waals surface area contributed by atoms with E-state index in [-0.39, 0.29) is 28.9 Å². The summed E-state index contributed by atoms with van der Waals surface area (Å²) >= 11 is 6.21. The molecule has 0 aliphatic rings. The topological polar surface area (TPSA) is 61.8 Å². The molecule has 1 heterocycles. The third kappa shape index (κ3) is 5.95. The number of benzene rings is 2. The molecule has 30 heavy (non-hydrogen) atoms. The molecule has 162 valence electrons. The van der Waals surface area contributed by atoms with Crippen LogP contribution < -0.4 is 0 Å². The van der Waals surface area contributed by atoms with Crippen LogP contribution in [0.4, 0.5) is 0 Å². The number of imidazole rings is 1. The lowest BCUT2D eigenvalue weighted by Crippen LogP contribution is -2.09. The number of unbranched alkanes of at least 4 members (excludes halogenated alkanes) is 1. The van der Waals surface area contributed by atoms with Gasteiger partial charge in [0.25, 0.3) is 0 Å². The van der Waals surface area contributed by atoms with Gasteiger partial charge in [-0.05, 0) is 29.2 Å². The lowest BCUT2D eigenvalue weighted by atomic mass is 9.99. The van der Waals surface area contributed by atoms with E-state index >= 15 is 0 Å². The number of nitrogens with zero attached hydrogens (tertiary/aromatic N) is 3. The maximum absolute atomic E-state index is 9.69. The second-order valence-electron chi connectivity index (χ2n) is 6.47. The Hall–Kier alpha value is -2.61. The van der Waals surface area contributed by atoms with Crippen LogP contribution in [-0.4, -0.2) is 14.7 Å². The highest BCUT2D eigenvalue weighted by Crippen LogP contribution is 2.25. The zero-order valence-corrected chi connectivity index (χ0v) is 16.1. The van der Waals surface area contributed by atoms with E-state index in [1.54, 1.807) is 0 Å². The highest BCUT2D eigenvalue weighted by atomic mass is 35.5. The minimum absolute atomic E-state index is 0. The van der Waals surface area contributed by atoms with Crippen molar-refractivity contribution in [1.82, 2.24) is 9.55 Å². The molecule has 4 nitrogen and oxygen atoms in total. The summed E-state index contributed by atoms with van der Waals surface area (Å²) in [6.45, 7) is 2.61. The van der Waals surface area contributed by atoms with E-state index in [4.69, 9.17) is 11.6 Å². The van der Waals surface area contributed by atoms with Gasteiger partial charge in [-0.2, -0.15) is 5.26 Å². The predicted molar refractivity (Wildman–Crippen MR) is 128 cm³/mol. The predicted octanol–water partition coefficient (Wildman–Crippen LogP) is 6.87. The van der Waals surface area contributed by atoms with Gasteiger partial charge < -0.3 is 9.67 Å².